The van der Waals surface area contributed by atoms with Crippen molar-refractivity contribution in [2.75, 3.05) is 13.2 Å². The van der Waals surface area contributed by atoms with Gasteiger partial charge in [-0.3, -0.25) is 4.79 Å². The van der Waals surface area contributed by atoms with E-state index in [1.165, 1.54) is 5.56 Å². The minimum atomic E-state index is -0.0654. The first kappa shape index (κ1) is 20.0. The fourth-order valence-corrected chi connectivity index (χ4v) is 4.42. The van der Waals surface area contributed by atoms with Crippen LogP contribution in [0.2, 0.25) is 0 Å². The highest BCUT2D eigenvalue weighted by molar-refractivity contribution is 6.29. The molecule has 1 fully saturated rings. The summed E-state index contributed by atoms with van der Waals surface area (Å²) < 4.78 is 5.57. The van der Waals surface area contributed by atoms with Gasteiger partial charge in [0.2, 0.25) is 0 Å². The number of benzene rings is 1. The number of nitrogens with two attached hydrogens (primary N) is 1. The van der Waals surface area contributed by atoms with Gasteiger partial charge in [-0.2, -0.15) is 0 Å². The standard InChI is InChI=1S/C22H29ClN2O2/c1-16-5-7-20(8-6-16)27-14-21(26)25-19-9-11-22(15-24,12-10-19)17-3-2-4-18(23)13-17/h2-8,17,19H,9-15,24H2,1H3,(H,25,26)/t17?,19-,22-. The van der Waals surface area contributed by atoms with E-state index in [2.05, 4.69) is 11.4 Å². The van der Waals surface area contributed by atoms with Gasteiger partial charge in [0.05, 0.1) is 0 Å². The predicted molar refractivity (Wildman–Crippen MR) is 110 cm³/mol. The van der Waals surface area contributed by atoms with Gasteiger partial charge < -0.3 is 15.8 Å². The van der Waals surface area contributed by atoms with Crippen molar-refractivity contribution < 1.29 is 9.53 Å². The van der Waals surface area contributed by atoms with Crippen LogP contribution in [-0.4, -0.2) is 25.1 Å². The van der Waals surface area contributed by atoms with Crippen molar-refractivity contribution in [2.45, 2.75) is 45.1 Å². The Hall–Kier alpha value is -1.78. The van der Waals surface area contributed by atoms with Crippen molar-refractivity contribution in [2.24, 2.45) is 17.1 Å². The lowest BCUT2D eigenvalue weighted by Gasteiger charge is -2.44. The second-order valence-electron chi connectivity index (χ2n) is 7.82. The van der Waals surface area contributed by atoms with E-state index in [9.17, 15) is 4.79 Å². The first-order valence-electron chi connectivity index (χ1n) is 9.72. The number of amides is 1. The molecule has 2 aliphatic carbocycles. The van der Waals surface area contributed by atoms with E-state index in [0.717, 1.165) is 42.9 Å². The maximum atomic E-state index is 12.2. The Morgan fingerprint density at radius 1 is 1.30 bits per heavy atom. The average molecular weight is 389 g/mol. The van der Waals surface area contributed by atoms with Gasteiger partial charge in [-0.15, -0.1) is 0 Å². The maximum absolute atomic E-state index is 12.2. The summed E-state index contributed by atoms with van der Waals surface area (Å²) in [6.45, 7) is 2.73. The highest BCUT2D eigenvalue weighted by Gasteiger charge is 2.40. The summed E-state index contributed by atoms with van der Waals surface area (Å²) in [5.41, 5.74) is 7.44. The van der Waals surface area contributed by atoms with Crippen molar-refractivity contribution in [1.29, 1.82) is 0 Å². The summed E-state index contributed by atoms with van der Waals surface area (Å²) in [5, 5.41) is 4.02. The number of nitrogens with one attached hydrogen (secondary N) is 1. The molecule has 0 saturated heterocycles. The van der Waals surface area contributed by atoms with E-state index in [4.69, 9.17) is 22.1 Å². The SMILES string of the molecule is Cc1ccc(OCC(=O)N[C@H]2CC[C@](CN)(C3C=CC=C(Cl)C3)CC2)cc1. The molecule has 146 valence electrons. The van der Waals surface area contributed by atoms with Crippen LogP contribution in [0.3, 0.4) is 0 Å². The van der Waals surface area contributed by atoms with Gasteiger partial charge in [-0.25, -0.2) is 0 Å². The minimum absolute atomic E-state index is 0.0490. The second-order valence-corrected chi connectivity index (χ2v) is 8.30. The number of ether oxygens (including phenoxy) is 1. The number of hydrogen-bond acceptors (Lipinski definition) is 3. The number of halogens is 1. The van der Waals surface area contributed by atoms with Crippen molar-refractivity contribution in [3.63, 3.8) is 0 Å². The smallest absolute Gasteiger partial charge is 0.258 e. The summed E-state index contributed by atoms with van der Waals surface area (Å²) in [7, 11) is 0. The quantitative estimate of drug-likeness (QED) is 0.771. The third-order valence-corrected chi connectivity index (χ3v) is 6.25. The largest absolute Gasteiger partial charge is 0.484 e. The summed E-state index contributed by atoms with van der Waals surface area (Å²) >= 11 is 6.24. The minimum Gasteiger partial charge on any atom is -0.484 e. The number of rotatable bonds is 6. The molecule has 0 aliphatic heterocycles. The van der Waals surface area contributed by atoms with E-state index in [0.29, 0.717) is 12.5 Å². The summed E-state index contributed by atoms with van der Waals surface area (Å²) in [6, 6.07) is 7.91. The molecule has 0 bridgehead atoms. The van der Waals surface area contributed by atoms with Crippen LogP contribution >= 0.6 is 11.6 Å². The molecular formula is C22H29ClN2O2. The molecule has 1 unspecified atom stereocenters. The van der Waals surface area contributed by atoms with Crippen LogP contribution in [0.1, 0.15) is 37.7 Å². The van der Waals surface area contributed by atoms with Crippen LogP contribution in [0.4, 0.5) is 0 Å². The Bertz CT molecular complexity index is 704. The third kappa shape index (κ3) is 5.14. The fourth-order valence-electron chi connectivity index (χ4n) is 4.18. The van der Waals surface area contributed by atoms with Crippen molar-refractivity contribution in [3.05, 3.63) is 53.1 Å². The zero-order chi connectivity index (χ0) is 19.3. The molecule has 0 radical (unpaired) electrons. The molecular weight excluding hydrogens is 360 g/mol. The first-order chi connectivity index (χ1) is 13.0. The van der Waals surface area contributed by atoms with Crippen LogP contribution in [-0.2, 0) is 4.79 Å². The molecule has 2 aliphatic rings. The number of carbonyl (C=O) groups excluding carboxylic acids is 1. The molecule has 0 spiro atoms. The molecule has 1 atom stereocenters. The Morgan fingerprint density at radius 3 is 2.63 bits per heavy atom. The van der Waals surface area contributed by atoms with Gasteiger partial charge in [0.1, 0.15) is 5.75 Å². The van der Waals surface area contributed by atoms with Gasteiger partial charge in [-0.1, -0.05) is 41.4 Å². The Balaban J connectivity index is 1.47. The second kappa shape index (κ2) is 8.94. The summed E-state index contributed by atoms with van der Waals surface area (Å²) in [5.74, 6) is 1.04. The van der Waals surface area contributed by atoms with E-state index < -0.39 is 0 Å². The van der Waals surface area contributed by atoms with Crippen molar-refractivity contribution in [1.82, 2.24) is 5.32 Å². The summed E-state index contributed by atoms with van der Waals surface area (Å²) in [6.07, 6.45) is 11.0. The molecule has 3 N–H and O–H groups in total. The average Bonchev–Trinajstić information content (AvgIpc) is 2.68. The Kier molecular flexibility index (Phi) is 6.61. The van der Waals surface area contributed by atoms with Crippen LogP contribution < -0.4 is 15.8 Å². The van der Waals surface area contributed by atoms with Crippen molar-refractivity contribution in [3.8, 4) is 5.75 Å². The van der Waals surface area contributed by atoms with E-state index in [-0.39, 0.29) is 24.0 Å². The van der Waals surface area contributed by atoms with E-state index in [1.54, 1.807) is 0 Å². The lowest BCUT2D eigenvalue weighted by atomic mass is 9.63. The number of hydrogen-bond donors (Lipinski definition) is 2. The summed E-state index contributed by atoms with van der Waals surface area (Å²) in [4.78, 5) is 12.2. The zero-order valence-corrected chi connectivity index (χ0v) is 16.7. The molecule has 4 nitrogen and oxygen atoms in total. The highest BCUT2D eigenvalue weighted by Crippen LogP contribution is 2.46. The molecule has 27 heavy (non-hydrogen) atoms. The fraction of sp³-hybridized carbons (Fsp3) is 0.500. The molecule has 0 aromatic heterocycles. The van der Waals surface area contributed by atoms with Crippen LogP contribution in [0.5, 0.6) is 5.75 Å². The third-order valence-electron chi connectivity index (χ3n) is 5.97. The lowest BCUT2D eigenvalue weighted by Crippen LogP contribution is -2.47. The molecule has 3 rings (SSSR count). The molecule has 1 aromatic carbocycles. The molecule has 1 amide bonds. The van der Waals surface area contributed by atoms with Crippen molar-refractivity contribution >= 4 is 17.5 Å². The topological polar surface area (TPSA) is 64.3 Å². The number of carbonyl (C=O) groups is 1. The van der Waals surface area contributed by atoms with Gasteiger partial charge in [0, 0.05) is 11.1 Å². The van der Waals surface area contributed by atoms with Crippen LogP contribution in [0.15, 0.2) is 47.5 Å². The monoisotopic (exact) mass is 388 g/mol. The lowest BCUT2D eigenvalue weighted by molar-refractivity contribution is -0.124. The van der Waals surface area contributed by atoms with Crippen LogP contribution in [0, 0.1) is 18.3 Å². The predicted octanol–water partition coefficient (Wildman–Crippen LogP) is 4.08. The maximum Gasteiger partial charge on any atom is 0.258 e. The van der Waals surface area contributed by atoms with Gasteiger partial charge in [0.15, 0.2) is 6.61 Å². The zero-order valence-electron chi connectivity index (χ0n) is 15.9. The normalized spacial score (nSPS) is 27.7. The molecule has 1 aromatic rings. The highest BCUT2D eigenvalue weighted by atomic mass is 35.5. The number of aryl methyl sites for hydroxylation is 1. The molecule has 5 heteroatoms. The van der Waals surface area contributed by atoms with Crippen LogP contribution in [0.25, 0.3) is 0 Å². The number of allylic oxidation sites excluding steroid dienone is 4. The molecule has 1 saturated carbocycles. The van der Waals surface area contributed by atoms with Gasteiger partial charge in [0.25, 0.3) is 5.91 Å². The Morgan fingerprint density at radius 2 is 2.00 bits per heavy atom. The Labute approximate surface area is 166 Å². The molecule has 0 heterocycles. The van der Waals surface area contributed by atoms with E-state index in [1.807, 2.05) is 43.3 Å². The van der Waals surface area contributed by atoms with Gasteiger partial charge in [-0.05, 0) is 75.1 Å². The van der Waals surface area contributed by atoms with Gasteiger partial charge >= 0.3 is 0 Å². The van der Waals surface area contributed by atoms with E-state index >= 15 is 0 Å². The first-order valence-corrected chi connectivity index (χ1v) is 10.1.